The maximum atomic E-state index is 12.7. The predicted molar refractivity (Wildman–Crippen MR) is 105 cm³/mol. The minimum Gasteiger partial charge on any atom is -0.480 e. The average molecular weight is 398 g/mol. The quantitative estimate of drug-likeness (QED) is 0.523. The van der Waals surface area contributed by atoms with Gasteiger partial charge >= 0.3 is 5.97 Å². The molecule has 0 fully saturated rings. The normalized spacial score (nSPS) is 12.3. The highest BCUT2D eigenvalue weighted by atomic mass is 16.4. The van der Waals surface area contributed by atoms with Crippen LogP contribution in [-0.4, -0.2) is 45.9 Å². The summed E-state index contributed by atoms with van der Waals surface area (Å²) in [6, 6.07) is 9.75. The number of pyridine rings is 1. The number of hydrogen-bond donors (Lipinski definition) is 4. The number of benzene rings is 1. The zero-order chi connectivity index (χ0) is 21.4. The summed E-state index contributed by atoms with van der Waals surface area (Å²) in [7, 11) is 0. The van der Waals surface area contributed by atoms with Gasteiger partial charge in [0.15, 0.2) is 0 Å². The van der Waals surface area contributed by atoms with Gasteiger partial charge < -0.3 is 21.1 Å². The molecule has 29 heavy (non-hydrogen) atoms. The number of carbonyl (C=O) groups is 4. The molecule has 9 heteroatoms. The summed E-state index contributed by atoms with van der Waals surface area (Å²) in [6.45, 7) is 2.66. The van der Waals surface area contributed by atoms with E-state index in [2.05, 4.69) is 20.9 Å². The van der Waals surface area contributed by atoms with E-state index in [1.165, 1.54) is 32.2 Å². The third-order valence-corrected chi connectivity index (χ3v) is 3.96. The van der Waals surface area contributed by atoms with E-state index in [0.717, 1.165) is 5.56 Å². The zero-order valence-corrected chi connectivity index (χ0v) is 16.0. The summed E-state index contributed by atoms with van der Waals surface area (Å²) >= 11 is 0. The van der Waals surface area contributed by atoms with Crippen molar-refractivity contribution in [3.05, 3.63) is 59.8 Å². The van der Waals surface area contributed by atoms with E-state index < -0.39 is 29.9 Å². The van der Waals surface area contributed by atoms with Gasteiger partial charge in [-0.2, -0.15) is 0 Å². The van der Waals surface area contributed by atoms with Gasteiger partial charge in [-0.1, -0.05) is 30.3 Å². The lowest BCUT2D eigenvalue weighted by molar-refractivity contribution is -0.141. The first-order valence-corrected chi connectivity index (χ1v) is 8.88. The summed E-state index contributed by atoms with van der Waals surface area (Å²) < 4.78 is 0. The summed E-state index contributed by atoms with van der Waals surface area (Å²) in [4.78, 5) is 51.4. The van der Waals surface area contributed by atoms with Crippen LogP contribution in [0.3, 0.4) is 0 Å². The molecule has 0 spiro atoms. The molecule has 3 amide bonds. The molecule has 0 radical (unpaired) electrons. The van der Waals surface area contributed by atoms with E-state index in [-0.39, 0.29) is 23.7 Å². The molecular formula is C20H22N4O5. The highest BCUT2D eigenvalue weighted by molar-refractivity contribution is 5.99. The molecule has 0 saturated carbocycles. The highest BCUT2D eigenvalue weighted by Crippen LogP contribution is 2.09. The van der Waals surface area contributed by atoms with Crippen LogP contribution < -0.4 is 16.0 Å². The van der Waals surface area contributed by atoms with Gasteiger partial charge in [0.1, 0.15) is 17.9 Å². The second-order valence-electron chi connectivity index (χ2n) is 6.40. The Bertz CT molecular complexity index is 901. The molecule has 0 saturated heterocycles. The molecule has 152 valence electrons. The van der Waals surface area contributed by atoms with Crippen molar-refractivity contribution in [2.45, 2.75) is 32.4 Å². The van der Waals surface area contributed by atoms with E-state index >= 15 is 0 Å². The number of nitrogens with zero attached hydrogens (tertiary/aromatic N) is 1. The Morgan fingerprint density at radius 2 is 1.76 bits per heavy atom. The topological polar surface area (TPSA) is 137 Å². The lowest BCUT2D eigenvalue weighted by atomic mass is 10.0. The van der Waals surface area contributed by atoms with Crippen molar-refractivity contribution in [3.8, 4) is 0 Å². The van der Waals surface area contributed by atoms with Crippen molar-refractivity contribution in [2.24, 2.45) is 0 Å². The second-order valence-corrected chi connectivity index (χ2v) is 6.40. The smallest absolute Gasteiger partial charge is 0.325 e. The highest BCUT2D eigenvalue weighted by Gasteiger charge is 2.25. The van der Waals surface area contributed by atoms with Gasteiger partial charge in [0, 0.05) is 25.1 Å². The number of carboxylic acids is 1. The number of nitrogens with one attached hydrogen (secondary N) is 3. The Labute approximate surface area is 167 Å². The number of rotatable bonds is 8. The number of anilines is 1. The number of aliphatic carboxylic acids is 1. The van der Waals surface area contributed by atoms with E-state index in [9.17, 15) is 19.2 Å². The van der Waals surface area contributed by atoms with Crippen molar-refractivity contribution < 1.29 is 24.3 Å². The van der Waals surface area contributed by atoms with Crippen LogP contribution in [0.15, 0.2) is 48.7 Å². The number of carbonyl (C=O) groups excluding carboxylic acids is 3. The fourth-order valence-electron chi connectivity index (χ4n) is 2.50. The maximum absolute atomic E-state index is 12.7. The first-order valence-electron chi connectivity index (χ1n) is 8.88. The third kappa shape index (κ3) is 6.73. The molecule has 1 heterocycles. The molecule has 0 aliphatic heterocycles. The summed E-state index contributed by atoms with van der Waals surface area (Å²) in [5.74, 6) is -2.49. The Morgan fingerprint density at radius 1 is 1.07 bits per heavy atom. The molecule has 2 aromatic rings. The van der Waals surface area contributed by atoms with Gasteiger partial charge in [-0.05, 0) is 24.6 Å². The lowest BCUT2D eigenvalue weighted by Gasteiger charge is -2.20. The Kier molecular flexibility index (Phi) is 7.41. The van der Waals surface area contributed by atoms with Crippen LogP contribution in [0.1, 0.15) is 29.8 Å². The van der Waals surface area contributed by atoms with E-state index in [1.807, 2.05) is 6.07 Å². The fourth-order valence-corrected chi connectivity index (χ4v) is 2.50. The zero-order valence-electron chi connectivity index (χ0n) is 16.0. The van der Waals surface area contributed by atoms with Crippen LogP contribution in [-0.2, 0) is 20.8 Å². The van der Waals surface area contributed by atoms with Crippen LogP contribution in [0.2, 0.25) is 0 Å². The number of hydrogen-bond acceptors (Lipinski definition) is 5. The van der Waals surface area contributed by atoms with Crippen LogP contribution in [0.5, 0.6) is 0 Å². The Balaban J connectivity index is 2.19. The minimum absolute atomic E-state index is 0.175. The van der Waals surface area contributed by atoms with Gasteiger partial charge in [0.05, 0.1) is 0 Å². The molecule has 9 nitrogen and oxygen atoms in total. The minimum atomic E-state index is -1.18. The van der Waals surface area contributed by atoms with Crippen LogP contribution in [0, 0.1) is 0 Å². The first kappa shape index (κ1) is 21.5. The molecule has 1 aromatic heterocycles. The van der Waals surface area contributed by atoms with E-state index in [4.69, 9.17) is 5.11 Å². The molecular weight excluding hydrogens is 376 g/mol. The summed E-state index contributed by atoms with van der Waals surface area (Å²) in [6.07, 6.45) is 1.54. The Morgan fingerprint density at radius 3 is 2.38 bits per heavy atom. The molecule has 1 aromatic carbocycles. The van der Waals surface area contributed by atoms with Gasteiger partial charge in [-0.15, -0.1) is 0 Å². The first-order chi connectivity index (χ1) is 13.8. The summed E-state index contributed by atoms with van der Waals surface area (Å²) in [5, 5.41) is 16.5. The van der Waals surface area contributed by atoms with E-state index in [1.54, 1.807) is 24.3 Å². The molecule has 2 atom stereocenters. The average Bonchev–Trinajstić information content (AvgIpc) is 2.67. The maximum Gasteiger partial charge on any atom is 0.325 e. The van der Waals surface area contributed by atoms with Crippen molar-refractivity contribution in [3.63, 3.8) is 0 Å². The van der Waals surface area contributed by atoms with Crippen molar-refractivity contribution in [1.82, 2.24) is 15.6 Å². The number of carboxylic acid groups (broad SMARTS) is 1. The monoisotopic (exact) mass is 398 g/mol. The molecule has 4 N–H and O–H groups in total. The van der Waals surface area contributed by atoms with Crippen molar-refractivity contribution >= 4 is 29.5 Å². The van der Waals surface area contributed by atoms with Crippen LogP contribution >= 0.6 is 0 Å². The number of aromatic nitrogens is 1. The second kappa shape index (κ2) is 9.98. The van der Waals surface area contributed by atoms with E-state index in [0.29, 0.717) is 0 Å². The van der Waals surface area contributed by atoms with Gasteiger partial charge in [0.25, 0.3) is 5.91 Å². The van der Waals surface area contributed by atoms with Gasteiger partial charge in [-0.25, -0.2) is 4.98 Å². The molecule has 0 bridgehead atoms. The third-order valence-electron chi connectivity index (χ3n) is 3.96. The molecule has 0 aliphatic rings. The fraction of sp³-hybridized carbons (Fsp3) is 0.250. The summed E-state index contributed by atoms with van der Waals surface area (Å²) in [5.41, 5.74) is 0.991. The van der Waals surface area contributed by atoms with Crippen molar-refractivity contribution in [2.75, 3.05) is 5.32 Å². The standard InChI is InChI=1S/C20H22N4O5/c1-12(20(28)29)22-19(27)16(10-14-6-4-3-5-7-14)24-18(26)15-8-9-21-17(11-15)23-13(2)25/h3-9,11-12,16H,10H2,1-2H3,(H,22,27)(H,24,26)(H,28,29)(H,21,23,25)/t12-,16-/m0/s1. The lowest BCUT2D eigenvalue weighted by Crippen LogP contribution is -2.51. The Hall–Kier alpha value is -3.75. The largest absolute Gasteiger partial charge is 0.480 e. The van der Waals surface area contributed by atoms with Crippen molar-refractivity contribution in [1.29, 1.82) is 0 Å². The van der Waals surface area contributed by atoms with Gasteiger partial charge in [-0.3, -0.25) is 19.2 Å². The molecule has 0 aliphatic carbocycles. The SMILES string of the molecule is CC(=O)Nc1cc(C(=O)N[C@@H](Cc2ccccc2)C(=O)N[C@@H](C)C(=O)O)ccn1. The van der Waals surface area contributed by atoms with Crippen LogP contribution in [0.25, 0.3) is 0 Å². The number of amides is 3. The molecule has 0 unspecified atom stereocenters. The van der Waals surface area contributed by atoms with Crippen LogP contribution in [0.4, 0.5) is 5.82 Å². The molecule has 2 rings (SSSR count). The van der Waals surface area contributed by atoms with Gasteiger partial charge in [0.2, 0.25) is 11.8 Å². The predicted octanol–water partition coefficient (Wildman–Crippen LogP) is 0.970.